The molecule has 0 unspecified atom stereocenters. The number of hydrogen-bond donors (Lipinski definition) is 0. The molecule has 2 aliphatic rings. The van der Waals surface area contributed by atoms with Gasteiger partial charge in [0.1, 0.15) is 0 Å². The first-order chi connectivity index (χ1) is 13.9. The van der Waals surface area contributed by atoms with Crippen molar-refractivity contribution in [3.8, 4) is 0 Å². The molecule has 0 spiro atoms. The van der Waals surface area contributed by atoms with Crippen LogP contribution in [0.3, 0.4) is 0 Å². The van der Waals surface area contributed by atoms with E-state index in [1.807, 2.05) is 26.0 Å². The molecule has 30 heavy (non-hydrogen) atoms. The summed E-state index contributed by atoms with van der Waals surface area (Å²) in [6.45, 7) is 12.2. The van der Waals surface area contributed by atoms with E-state index in [2.05, 4.69) is 27.7 Å². The molecule has 0 atom stereocenters. The Balaban J connectivity index is 2.14. The molecule has 0 N–H and O–H groups in total. The van der Waals surface area contributed by atoms with E-state index < -0.39 is 18.2 Å². The molecule has 0 aromatic heterocycles. The van der Waals surface area contributed by atoms with Gasteiger partial charge in [-0.3, -0.25) is 9.59 Å². The number of rotatable bonds is 5. The maximum atomic E-state index is 14.4. The summed E-state index contributed by atoms with van der Waals surface area (Å²) in [5.41, 5.74) is 1.34. The van der Waals surface area contributed by atoms with Gasteiger partial charge in [-0.1, -0.05) is 93.5 Å². The van der Waals surface area contributed by atoms with Crippen LogP contribution in [0.5, 0.6) is 0 Å². The molecule has 0 aliphatic heterocycles. The minimum absolute atomic E-state index is 0.0641. The number of carbonyl (C=O) groups is 2. The van der Waals surface area contributed by atoms with Crippen LogP contribution in [0.15, 0.2) is 76.9 Å². The zero-order valence-corrected chi connectivity index (χ0v) is 19.7. The molecule has 158 valence electrons. The smallest absolute Gasteiger partial charge is 0.248 e. The molecule has 3 rings (SSSR count). The van der Waals surface area contributed by atoms with Gasteiger partial charge in [-0.2, -0.15) is 0 Å². The van der Waals surface area contributed by atoms with Gasteiger partial charge in [-0.05, 0) is 37.5 Å². The van der Waals surface area contributed by atoms with Gasteiger partial charge in [0, 0.05) is 16.5 Å². The molecule has 2 aliphatic carbocycles. The fraction of sp³-hybridized carbons (Fsp3) is 0.385. The zero-order chi connectivity index (χ0) is 22.3. The van der Waals surface area contributed by atoms with Crippen LogP contribution in [0.2, 0.25) is 0 Å². The Hall–Kier alpha value is -2.25. The van der Waals surface area contributed by atoms with E-state index in [4.69, 9.17) is 0 Å². The summed E-state index contributed by atoms with van der Waals surface area (Å²) in [6.07, 6.45) is 8.85. The summed E-state index contributed by atoms with van der Waals surface area (Å²) < 4.78 is 14.4. The van der Waals surface area contributed by atoms with Crippen LogP contribution in [-0.4, -0.2) is 11.0 Å². The lowest BCUT2D eigenvalue weighted by atomic mass is 9.80. The van der Waals surface area contributed by atoms with E-state index in [-0.39, 0.29) is 10.8 Å². The molecule has 1 aromatic carbocycles. The van der Waals surface area contributed by atoms with Crippen molar-refractivity contribution >= 4 is 23.5 Å². The lowest BCUT2D eigenvalue weighted by Gasteiger charge is -2.29. The third-order valence-corrected chi connectivity index (χ3v) is 8.57. The van der Waals surface area contributed by atoms with Crippen molar-refractivity contribution in [3.63, 3.8) is 0 Å². The van der Waals surface area contributed by atoms with Crippen molar-refractivity contribution in [2.45, 2.75) is 54.4 Å². The standard InChI is InChI=1S/C26H31O3P/c1-18-16-25(3,4)14-12-21(18)23(27)30(29,20-10-8-7-9-11-20)24(28)22-13-15-26(5,6)17-19(22)2/h7-15H,16-17H2,1-6H3. The molecule has 0 radical (unpaired) electrons. The van der Waals surface area contributed by atoms with Gasteiger partial charge in [-0.25, -0.2) is 0 Å². The van der Waals surface area contributed by atoms with Crippen LogP contribution in [0, 0.1) is 10.8 Å². The average molecular weight is 423 g/mol. The third-order valence-electron chi connectivity index (χ3n) is 5.92. The Morgan fingerprint density at radius 1 is 0.767 bits per heavy atom. The first-order valence-electron chi connectivity index (χ1n) is 10.4. The number of allylic oxidation sites excluding steroid dienone is 8. The summed E-state index contributed by atoms with van der Waals surface area (Å²) >= 11 is 0. The van der Waals surface area contributed by atoms with Gasteiger partial charge >= 0.3 is 0 Å². The average Bonchev–Trinajstić information content (AvgIpc) is 2.65. The maximum absolute atomic E-state index is 14.4. The van der Waals surface area contributed by atoms with E-state index >= 15 is 0 Å². The summed E-state index contributed by atoms with van der Waals surface area (Å²) in [7, 11) is -4.05. The first kappa shape index (κ1) is 22.4. The molecule has 0 saturated heterocycles. The number of hydrogen-bond acceptors (Lipinski definition) is 3. The van der Waals surface area contributed by atoms with Crippen LogP contribution >= 0.6 is 7.14 Å². The van der Waals surface area contributed by atoms with E-state index in [0.29, 0.717) is 29.3 Å². The summed E-state index contributed by atoms with van der Waals surface area (Å²) in [5, 5.41) is 0.303. The minimum Gasteiger partial charge on any atom is -0.302 e. The first-order valence-corrected chi connectivity index (χ1v) is 12.1. The van der Waals surface area contributed by atoms with Gasteiger partial charge in [0.05, 0.1) is 0 Å². The molecule has 0 fully saturated rings. The lowest BCUT2D eigenvalue weighted by Crippen LogP contribution is -2.25. The van der Waals surface area contributed by atoms with Crippen molar-refractivity contribution in [1.82, 2.24) is 0 Å². The van der Waals surface area contributed by atoms with Crippen LogP contribution in [0.25, 0.3) is 0 Å². The Morgan fingerprint density at radius 2 is 1.17 bits per heavy atom. The highest BCUT2D eigenvalue weighted by molar-refractivity contribution is 8.01. The number of benzene rings is 1. The fourth-order valence-corrected chi connectivity index (χ4v) is 6.84. The molecule has 0 amide bonds. The second-order valence-corrected chi connectivity index (χ2v) is 12.5. The minimum atomic E-state index is -4.05. The molecular formula is C26H31O3P. The largest absolute Gasteiger partial charge is 0.302 e. The highest BCUT2D eigenvalue weighted by Crippen LogP contribution is 2.53. The molecule has 3 nitrogen and oxygen atoms in total. The molecule has 0 bridgehead atoms. The Kier molecular flexibility index (Phi) is 5.82. The van der Waals surface area contributed by atoms with E-state index in [0.717, 1.165) is 11.1 Å². The summed E-state index contributed by atoms with van der Waals surface area (Å²) in [6, 6.07) is 8.52. The molecule has 0 heterocycles. The highest BCUT2D eigenvalue weighted by Gasteiger charge is 2.45. The van der Waals surface area contributed by atoms with Crippen LogP contribution in [0.4, 0.5) is 0 Å². The Bertz CT molecular complexity index is 999. The topological polar surface area (TPSA) is 51.2 Å². The van der Waals surface area contributed by atoms with Gasteiger partial charge in [0.25, 0.3) is 0 Å². The van der Waals surface area contributed by atoms with Crippen molar-refractivity contribution in [3.05, 3.63) is 76.9 Å². The molecular weight excluding hydrogens is 391 g/mol. The Labute approximate surface area is 180 Å². The second-order valence-electron chi connectivity index (χ2n) is 9.94. The predicted octanol–water partition coefficient (Wildman–Crippen LogP) is 6.33. The Morgan fingerprint density at radius 3 is 1.53 bits per heavy atom. The van der Waals surface area contributed by atoms with Gasteiger partial charge in [0.2, 0.25) is 18.2 Å². The van der Waals surface area contributed by atoms with Crippen LogP contribution in [0.1, 0.15) is 54.4 Å². The fourth-order valence-electron chi connectivity index (χ4n) is 4.39. The van der Waals surface area contributed by atoms with E-state index in [1.165, 1.54) is 0 Å². The second kappa shape index (κ2) is 7.78. The molecule has 1 aromatic rings. The van der Waals surface area contributed by atoms with Crippen molar-refractivity contribution < 1.29 is 14.2 Å². The van der Waals surface area contributed by atoms with Crippen LogP contribution in [-0.2, 0) is 14.2 Å². The zero-order valence-electron chi connectivity index (χ0n) is 18.8. The highest BCUT2D eigenvalue weighted by atomic mass is 31.2. The van der Waals surface area contributed by atoms with Crippen molar-refractivity contribution in [1.29, 1.82) is 0 Å². The van der Waals surface area contributed by atoms with Crippen LogP contribution < -0.4 is 5.30 Å². The van der Waals surface area contributed by atoms with E-state index in [9.17, 15) is 14.2 Å². The SMILES string of the molecule is CC1=C(C(=O)P(=O)(C(=O)C2=C(C)CC(C)(C)C=C2)c2ccccc2)C=CC(C)(C)C1. The van der Waals surface area contributed by atoms with Gasteiger partial charge in [-0.15, -0.1) is 0 Å². The summed E-state index contributed by atoms with van der Waals surface area (Å²) in [4.78, 5) is 27.4. The third kappa shape index (κ3) is 4.14. The van der Waals surface area contributed by atoms with Gasteiger partial charge < -0.3 is 4.57 Å². The van der Waals surface area contributed by atoms with E-state index in [1.54, 1.807) is 42.5 Å². The maximum Gasteiger partial charge on any atom is 0.248 e. The normalized spacial score (nSPS) is 20.5. The predicted molar refractivity (Wildman–Crippen MR) is 124 cm³/mol. The molecule has 0 saturated carbocycles. The van der Waals surface area contributed by atoms with Gasteiger partial charge in [0.15, 0.2) is 0 Å². The molecule has 4 heteroatoms. The summed E-state index contributed by atoms with van der Waals surface area (Å²) in [5.74, 6) is 0. The van der Waals surface area contributed by atoms with Crippen molar-refractivity contribution in [2.75, 3.05) is 0 Å². The quantitative estimate of drug-likeness (QED) is 0.521. The number of carbonyl (C=O) groups excluding carboxylic acids is 2. The lowest BCUT2D eigenvalue weighted by molar-refractivity contribution is -0.111. The van der Waals surface area contributed by atoms with Crippen molar-refractivity contribution in [2.24, 2.45) is 10.8 Å². The monoisotopic (exact) mass is 422 g/mol.